The molecule has 0 aliphatic rings. The monoisotopic (exact) mass is 230 g/mol. The molecule has 0 aliphatic heterocycles. The molecule has 0 aliphatic carbocycles. The maximum absolute atomic E-state index is 12.9. The van der Waals surface area contributed by atoms with E-state index < -0.39 is 0 Å². The summed E-state index contributed by atoms with van der Waals surface area (Å²) in [4.78, 5) is 2.07. The van der Waals surface area contributed by atoms with Gasteiger partial charge in [0.05, 0.1) is 0 Å². The second kappa shape index (κ2) is 4.87. The first-order valence-electron chi connectivity index (χ1n) is 5.47. The predicted molar refractivity (Wildman–Crippen MR) is 69.4 cm³/mol. The molecule has 2 aromatic carbocycles. The van der Waals surface area contributed by atoms with Crippen LogP contribution in [0.25, 0.3) is 0 Å². The summed E-state index contributed by atoms with van der Waals surface area (Å²) < 4.78 is 12.9. The largest absolute Gasteiger partial charge is 0.398 e. The van der Waals surface area contributed by atoms with Gasteiger partial charge in [-0.2, -0.15) is 0 Å². The third kappa shape index (κ3) is 2.75. The Balaban J connectivity index is 2.16. The minimum Gasteiger partial charge on any atom is -0.398 e. The average Bonchev–Trinajstić information content (AvgIpc) is 2.34. The van der Waals surface area contributed by atoms with E-state index in [4.69, 9.17) is 5.73 Å². The number of nitrogens with two attached hydrogens (primary N) is 1. The lowest BCUT2D eigenvalue weighted by Gasteiger charge is -2.20. The van der Waals surface area contributed by atoms with Crippen molar-refractivity contribution in [2.45, 2.75) is 6.54 Å². The predicted octanol–water partition coefficient (Wildman–Crippen LogP) is 3.04. The number of nitrogen functional groups attached to an aromatic ring is 1. The van der Waals surface area contributed by atoms with Crippen molar-refractivity contribution in [3.63, 3.8) is 0 Å². The number of nitrogens with zero attached hydrogens (tertiary/aromatic N) is 1. The Morgan fingerprint density at radius 3 is 2.47 bits per heavy atom. The molecular weight excluding hydrogens is 215 g/mol. The first-order chi connectivity index (χ1) is 8.16. The van der Waals surface area contributed by atoms with Crippen molar-refractivity contribution in [3.05, 3.63) is 59.9 Å². The van der Waals surface area contributed by atoms with E-state index in [9.17, 15) is 4.39 Å². The van der Waals surface area contributed by atoms with Crippen molar-refractivity contribution >= 4 is 11.4 Å². The highest BCUT2D eigenvalue weighted by atomic mass is 19.1. The molecule has 0 bridgehead atoms. The normalized spacial score (nSPS) is 10.2. The lowest BCUT2D eigenvalue weighted by Crippen LogP contribution is -2.17. The SMILES string of the molecule is CN(Cc1ccc(F)cc1N)c1ccccc1. The van der Waals surface area contributed by atoms with Gasteiger partial charge in [0.15, 0.2) is 0 Å². The highest BCUT2D eigenvalue weighted by Gasteiger charge is 2.05. The first kappa shape index (κ1) is 11.5. The minimum atomic E-state index is -0.298. The number of hydrogen-bond acceptors (Lipinski definition) is 2. The molecule has 0 fully saturated rings. The van der Waals surface area contributed by atoms with Crippen molar-refractivity contribution in [3.8, 4) is 0 Å². The van der Waals surface area contributed by atoms with Crippen LogP contribution in [0.4, 0.5) is 15.8 Å². The van der Waals surface area contributed by atoms with Gasteiger partial charge in [0.2, 0.25) is 0 Å². The van der Waals surface area contributed by atoms with Crippen molar-refractivity contribution < 1.29 is 4.39 Å². The number of hydrogen-bond donors (Lipinski definition) is 1. The Morgan fingerprint density at radius 1 is 1.12 bits per heavy atom. The summed E-state index contributed by atoms with van der Waals surface area (Å²) in [6.07, 6.45) is 0. The quantitative estimate of drug-likeness (QED) is 0.821. The smallest absolute Gasteiger partial charge is 0.125 e. The number of para-hydroxylation sites is 1. The van der Waals surface area contributed by atoms with E-state index in [1.807, 2.05) is 37.4 Å². The summed E-state index contributed by atoms with van der Waals surface area (Å²) >= 11 is 0. The molecule has 0 amide bonds. The van der Waals surface area contributed by atoms with Gasteiger partial charge in [-0.15, -0.1) is 0 Å². The molecule has 0 saturated heterocycles. The lowest BCUT2D eigenvalue weighted by atomic mass is 10.1. The van der Waals surface area contributed by atoms with Crippen LogP contribution in [-0.2, 0) is 6.54 Å². The fourth-order valence-corrected chi connectivity index (χ4v) is 1.74. The third-order valence-electron chi connectivity index (χ3n) is 2.71. The van der Waals surface area contributed by atoms with Crippen LogP contribution < -0.4 is 10.6 Å². The number of anilines is 2. The second-order valence-electron chi connectivity index (χ2n) is 4.03. The topological polar surface area (TPSA) is 29.3 Å². The molecule has 0 aromatic heterocycles. The Morgan fingerprint density at radius 2 is 1.82 bits per heavy atom. The summed E-state index contributed by atoms with van der Waals surface area (Å²) in [6.45, 7) is 0.663. The second-order valence-corrected chi connectivity index (χ2v) is 4.03. The fourth-order valence-electron chi connectivity index (χ4n) is 1.74. The van der Waals surface area contributed by atoms with E-state index in [-0.39, 0.29) is 5.82 Å². The maximum atomic E-state index is 12.9. The van der Waals surface area contributed by atoms with Crippen LogP contribution in [0.15, 0.2) is 48.5 Å². The Kier molecular flexibility index (Phi) is 3.28. The summed E-state index contributed by atoms with van der Waals surface area (Å²) in [7, 11) is 1.98. The molecule has 0 radical (unpaired) electrons. The van der Waals surface area contributed by atoms with Gasteiger partial charge in [-0.1, -0.05) is 24.3 Å². The van der Waals surface area contributed by atoms with Gasteiger partial charge in [-0.05, 0) is 29.8 Å². The van der Waals surface area contributed by atoms with Gasteiger partial charge in [0.1, 0.15) is 5.82 Å². The van der Waals surface area contributed by atoms with Gasteiger partial charge in [0, 0.05) is 25.0 Å². The van der Waals surface area contributed by atoms with E-state index in [0.29, 0.717) is 12.2 Å². The van der Waals surface area contributed by atoms with Crippen LogP contribution in [0.5, 0.6) is 0 Å². The molecule has 3 heteroatoms. The summed E-state index contributed by atoms with van der Waals surface area (Å²) in [5.41, 5.74) is 8.31. The number of rotatable bonds is 3. The standard InChI is InChI=1S/C14H15FN2/c1-17(13-5-3-2-4-6-13)10-11-7-8-12(15)9-14(11)16/h2-9H,10,16H2,1H3. The first-order valence-corrected chi connectivity index (χ1v) is 5.47. The molecule has 2 rings (SSSR count). The summed E-state index contributed by atoms with van der Waals surface area (Å²) in [6, 6.07) is 14.5. The van der Waals surface area contributed by atoms with Crippen LogP contribution in [-0.4, -0.2) is 7.05 Å². The van der Waals surface area contributed by atoms with Crippen LogP contribution in [0.1, 0.15) is 5.56 Å². The maximum Gasteiger partial charge on any atom is 0.125 e. The van der Waals surface area contributed by atoms with Crippen molar-refractivity contribution in [1.29, 1.82) is 0 Å². The summed E-state index contributed by atoms with van der Waals surface area (Å²) in [5.74, 6) is -0.298. The molecule has 0 spiro atoms. The molecular formula is C14H15FN2. The van der Waals surface area contributed by atoms with Gasteiger partial charge < -0.3 is 10.6 Å². The zero-order valence-corrected chi connectivity index (χ0v) is 9.73. The van der Waals surface area contributed by atoms with E-state index in [1.165, 1.54) is 12.1 Å². The molecule has 2 nitrogen and oxygen atoms in total. The molecule has 2 aromatic rings. The van der Waals surface area contributed by atoms with Gasteiger partial charge in [-0.25, -0.2) is 4.39 Å². The van der Waals surface area contributed by atoms with E-state index in [0.717, 1.165) is 11.3 Å². The van der Waals surface area contributed by atoms with Crippen LogP contribution in [0.3, 0.4) is 0 Å². The van der Waals surface area contributed by atoms with Crippen molar-refractivity contribution in [1.82, 2.24) is 0 Å². The highest BCUT2D eigenvalue weighted by molar-refractivity contribution is 5.51. The lowest BCUT2D eigenvalue weighted by molar-refractivity contribution is 0.627. The van der Waals surface area contributed by atoms with Crippen molar-refractivity contribution in [2.75, 3.05) is 17.7 Å². The highest BCUT2D eigenvalue weighted by Crippen LogP contribution is 2.19. The molecule has 0 heterocycles. The van der Waals surface area contributed by atoms with Crippen LogP contribution in [0, 0.1) is 5.82 Å². The van der Waals surface area contributed by atoms with E-state index >= 15 is 0 Å². The van der Waals surface area contributed by atoms with E-state index in [2.05, 4.69) is 4.90 Å². The molecule has 88 valence electrons. The Hall–Kier alpha value is -2.03. The fraction of sp³-hybridized carbons (Fsp3) is 0.143. The minimum absolute atomic E-state index is 0.298. The zero-order valence-electron chi connectivity index (χ0n) is 9.73. The molecule has 2 N–H and O–H groups in total. The zero-order chi connectivity index (χ0) is 12.3. The Labute approximate surface area is 100 Å². The molecule has 0 saturated carbocycles. The van der Waals surface area contributed by atoms with Crippen LogP contribution in [0.2, 0.25) is 0 Å². The molecule has 0 unspecified atom stereocenters. The van der Waals surface area contributed by atoms with Gasteiger partial charge in [-0.3, -0.25) is 0 Å². The number of benzene rings is 2. The molecule has 0 atom stereocenters. The Bertz CT molecular complexity index is 497. The average molecular weight is 230 g/mol. The van der Waals surface area contributed by atoms with Crippen LogP contribution >= 0.6 is 0 Å². The van der Waals surface area contributed by atoms with E-state index in [1.54, 1.807) is 6.07 Å². The van der Waals surface area contributed by atoms with Crippen molar-refractivity contribution in [2.24, 2.45) is 0 Å². The summed E-state index contributed by atoms with van der Waals surface area (Å²) in [5, 5.41) is 0. The number of halogens is 1. The third-order valence-corrected chi connectivity index (χ3v) is 2.71. The van der Waals surface area contributed by atoms with Gasteiger partial charge >= 0.3 is 0 Å². The van der Waals surface area contributed by atoms with Gasteiger partial charge in [0.25, 0.3) is 0 Å². The molecule has 17 heavy (non-hydrogen) atoms.